The number of phenols is 2. The molecule has 2 heteroatoms. The molecule has 0 fully saturated rings. The van der Waals surface area contributed by atoms with Crippen molar-refractivity contribution in [3.63, 3.8) is 0 Å². The lowest BCUT2D eigenvalue weighted by Gasteiger charge is -2.03. The number of aryl methyl sites for hydroxylation is 2. The van der Waals surface area contributed by atoms with Crippen LogP contribution in [0, 0.1) is 13.8 Å². The van der Waals surface area contributed by atoms with Gasteiger partial charge in [0.2, 0.25) is 0 Å². The highest BCUT2D eigenvalue weighted by Gasteiger charge is 1.99. The molecule has 0 amide bonds. The predicted octanol–water partition coefficient (Wildman–Crippen LogP) is 3.89. The lowest BCUT2D eigenvalue weighted by Crippen LogP contribution is -1.82. The summed E-state index contributed by atoms with van der Waals surface area (Å²) in [7, 11) is 0. The van der Waals surface area contributed by atoms with E-state index in [4.69, 9.17) is 0 Å². The maximum absolute atomic E-state index is 9.67. The largest absolute Gasteiger partial charge is 0.508 e. The van der Waals surface area contributed by atoms with Crippen LogP contribution >= 0.6 is 0 Å². The average Bonchev–Trinajstić information content (AvgIpc) is 2.34. The van der Waals surface area contributed by atoms with Gasteiger partial charge in [-0.15, -0.1) is 0 Å². The van der Waals surface area contributed by atoms with Crippen LogP contribution in [-0.2, 0) is 0 Å². The van der Waals surface area contributed by atoms with Crippen LogP contribution < -0.4 is 0 Å². The Balaban J connectivity index is 2.35. The van der Waals surface area contributed by atoms with Crippen LogP contribution in [0.4, 0.5) is 0 Å². The highest BCUT2D eigenvalue weighted by atomic mass is 16.3. The number of aromatic hydroxyl groups is 2. The molecular weight excluding hydrogens is 224 g/mol. The first-order chi connectivity index (χ1) is 8.56. The molecule has 2 N–H and O–H groups in total. The molecular formula is C16H16O2. The van der Waals surface area contributed by atoms with E-state index in [2.05, 4.69) is 18.2 Å². The highest BCUT2D eigenvalue weighted by molar-refractivity contribution is 5.74. The molecule has 0 atom stereocenters. The summed E-state index contributed by atoms with van der Waals surface area (Å²) in [6.45, 7) is 4.09. The van der Waals surface area contributed by atoms with Crippen LogP contribution in [0.1, 0.15) is 22.3 Å². The first-order valence-electron chi connectivity index (χ1n) is 5.83. The molecule has 0 radical (unpaired) electrons. The zero-order chi connectivity index (χ0) is 13.1. The smallest absolute Gasteiger partial charge is 0.123 e. The second-order valence-electron chi connectivity index (χ2n) is 4.44. The van der Waals surface area contributed by atoms with Gasteiger partial charge in [0.1, 0.15) is 11.5 Å². The molecule has 0 heterocycles. The van der Waals surface area contributed by atoms with Crippen LogP contribution in [0.15, 0.2) is 36.4 Å². The van der Waals surface area contributed by atoms with Crippen LogP contribution in [0.3, 0.4) is 0 Å². The fourth-order valence-electron chi connectivity index (χ4n) is 1.79. The summed E-state index contributed by atoms with van der Waals surface area (Å²) in [4.78, 5) is 0. The minimum absolute atomic E-state index is 0.147. The molecule has 0 aromatic heterocycles. The molecule has 0 aliphatic rings. The lowest BCUT2D eigenvalue weighted by atomic mass is 10.0. The van der Waals surface area contributed by atoms with Gasteiger partial charge in [-0.05, 0) is 43.2 Å². The van der Waals surface area contributed by atoms with E-state index in [9.17, 15) is 10.2 Å². The maximum Gasteiger partial charge on any atom is 0.123 e. The number of benzene rings is 2. The Hall–Kier alpha value is -2.22. The number of hydrogen-bond donors (Lipinski definition) is 2. The minimum Gasteiger partial charge on any atom is -0.508 e. The molecule has 0 aliphatic heterocycles. The second-order valence-corrected chi connectivity index (χ2v) is 4.44. The molecule has 2 aromatic carbocycles. The van der Waals surface area contributed by atoms with E-state index in [1.54, 1.807) is 6.08 Å². The van der Waals surface area contributed by atoms with Crippen LogP contribution in [-0.4, -0.2) is 10.2 Å². The molecule has 0 bridgehead atoms. The normalized spacial score (nSPS) is 11.0. The van der Waals surface area contributed by atoms with Crippen molar-refractivity contribution in [2.45, 2.75) is 13.8 Å². The van der Waals surface area contributed by atoms with Crippen molar-refractivity contribution in [3.8, 4) is 11.5 Å². The van der Waals surface area contributed by atoms with Crippen LogP contribution in [0.5, 0.6) is 11.5 Å². The third-order valence-electron chi connectivity index (χ3n) is 2.89. The van der Waals surface area contributed by atoms with E-state index in [-0.39, 0.29) is 11.5 Å². The summed E-state index contributed by atoms with van der Waals surface area (Å²) in [6.07, 6.45) is 3.74. The lowest BCUT2D eigenvalue weighted by molar-refractivity contribution is 0.459. The van der Waals surface area contributed by atoms with Crippen molar-refractivity contribution in [1.82, 2.24) is 0 Å². The Morgan fingerprint density at radius 1 is 0.833 bits per heavy atom. The van der Waals surface area contributed by atoms with Crippen LogP contribution in [0.25, 0.3) is 12.2 Å². The Morgan fingerprint density at radius 3 is 2.33 bits per heavy atom. The van der Waals surface area contributed by atoms with E-state index in [1.165, 1.54) is 29.3 Å². The highest BCUT2D eigenvalue weighted by Crippen LogP contribution is 2.24. The van der Waals surface area contributed by atoms with Gasteiger partial charge < -0.3 is 10.2 Å². The van der Waals surface area contributed by atoms with E-state index >= 15 is 0 Å². The monoisotopic (exact) mass is 240 g/mol. The standard InChI is InChI=1S/C16H16O2/c1-11-3-4-12(2)13(9-11)5-6-14-10-15(17)7-8-16(14)18/h3-10,17-18H,1-2H3/b6-5+. The first-order valence-corrected chi connectivity index (χ1v) is 5.83. The Bertz CT molecular complexity index is 545. The molecule has 0 unspecified atom stereocenters. The van der Waals surface area contributed by atoms with Crippen molar-refractivity contribution in [3.05, 3.63) is 58.7 Å². The summed E-state index contributed by atoms with van der Waals surface area (Å²) in [6, 6.07) is 10.7. The Morgan fingerprint density at radius 2 is 1.56 bits per heavy atom. The SMILES string of the molecule is Cc1ccc(C)c(/C=C/c2cc(O)ccc2O)c1. The summed E-state index contributed by atoms with van der Waals surface area (Å²) in [5, 5.41) is 19.1. The zero-order valence-electron chi connectivity index (χ0n) is 10.5. The first kappa shape index (κ1) is 12.2. The average molecular weight is 240 g/mol. The number of rotatable bonds is 2. The summed E-state index contributed by atoms with van der Waals surface area (Å²) in [5.74, 6) is 0.308. The Kier molecular flexibility index (Phi) is 3.38. The van der Waals surface area contributed by atoms with Gasteiger partial charge in [-0.1, -0.05) is 35.9 Å². The fraction of sp³-hybridized carbons (Fsp3) is 0.125. The number of hydrogen-bond acceptors (Lipinski definition) is 2. The zero-order valence-corrected chi connectivity index (χ0v) is 10.5. The summed E-state index contributed by atoms with van der Waals surface area (Å²) < 4.78 is 0. The number of phenolic OH excluding ortho intramolecular Hbond substituents is 2. The van der Waals surface area contributed by atoms with Crippen molar-refractivity contribution >= 4 is 12.2 Å². The molecule has 92 valence electrons. The topological polar surface area (TPSA) is 40.5 Å². The molecule has 0 saturated heterocycles. The van der Waals surface area contributed by atoms with Crippen molar-refractivity contribution in [2.75, 3.05) is 0 Å². The van der Waals surface area contributed by atoms with Gasteiger partial charge in [0.15, 0.2) is 0 Å². The van der Waals surface area contributed by atoms with E-state index in [1.807, 2.05) is 19.9 Å². The molecule has 18 heavy (non-hydrogen) atoms. The maximum atomic E-state index is 9.67. The molecule has 0 aliphatic carbocycles. The summed E-state index contributed by atoms with van der Waals surface area (Å²) in [5.41, 5.74) is 4.09. The summed E-state index contributed by atoms with van der Waals surface area (Å²) >= 11 is 0. The van der Waals surface area contributed by atoms with Gasteiger partial charge in [0.25, 0.3) is 0 Å². The fourth-order valence-corrected chi connectivity index (χ4v) is 1.79. The third-order valence-corrected chi connectivity index (χ3v) is 2.89. The second kappa shape index (κ2) is 4.96. The van der Waals surface area contributed by atoms with Gasteiger partial charge in [-0.2, -0.15) is 0 Å². The quantitative estimate of drug-likeness (QED) is 0.617. The van der Waals surface area contributed by atoms with Gasteiger partial charge >= 0.3 is 0 Å². The molecule has 0 spiro atoms. The van der Waals surface area contributed by atoms with E-state index in [0.717, 1.165) is 5.56 Å². The van der Waals surface area contributed by atoms with Crippen LogP contribution in [0.2, 0.25) is 0 Å². The molecule has 2 nitrogen and oxygen atoms in total. The Labute approximate surface area is 107 Å². The molecule has 0 saturated carbocycles. The third kappa shape index (κ3) is 2.72. The van der Waals surface area contributed by atoms with Crippen molar-refractivity contribution < 1.29 is 10.2 Å². The molecule has 2 aromatic rings. The minimum atomic E-state index is 0.147. The van der Waals surface area contributed by atoms with Gasteiger partial charge in [0.05, 0.1) is 0 Å². The van der Waals surface area contributed by atoms with Gasteiger partial charge in [-0.3, -0.25) is 0 Å². The van der Waals surface area contributed by atoms with Gasteiger partial charge in [-0.25, -0.2) is 0 Å². The van der Waals surface area contributed by atoms with Crippen molar-refractivity contribution in [1.29, 1.82) is 0 Å². The van der Waals surface area contributed by atoms with E-state index in [0.29, 0.717) is 5.56 Å². The van der Waals surface area contributed by atoms with E-state index < -0.39 is 0 Å². The molecule has 2 rings (SSSR count). The van der Waals surface area contributed by atoms with Gasteiger partial charge in [0, 0.05) is 5.56 Å². The predicted molar refractivity (Wildman–Crippen MR) is 74.6 cm³/mol. The van der Waals surface area contributed by atoms with Crippen molar-refractivity contribution in [2.24, 2.45) is 0 Å².